The normalized spacial score (nSPS) is 11.7. The van der Waals surface area contributed by atoms with Crippen LogP contribution in [-0.4, -0.2) is 25.6 Å². The van der Waals surface area contributed by atoms with Crippen LogP contribution in [0.2, 0.25) is 0 Å². The fraction of sp³-hybridized carbons (Fsp3) is 0.0625. The van der Waals surface area contributed by atoms with Crippen LogP contribution < -0.4 is 0 Å². The second-order valence-corrected chi connectivity index (χ2v) is 6.60. The minimum absolute atomic E-state index is 0.127. The number of phenols is 1. The molecule has 0 unspecified atom stereocenters. The zero-order chi connectivity index (χ0) is 15.5. The molecule has 0 heterocycles. The van der Waals surface area contributed by atoms with E-state index in [-0.39, 0.29) is 16.4 Å². The molecule has 2 aromatic rings. The quantitative estimate of drug-likeness (QED) is 0.696. The van der Waals surface area contributed by atoms with Gasteiger partial charge in [0, 0.05) is 11.8 Å². The van der Waals surface area contributed by atoms with Crippen molar-refractivity contribution >= 4 is 21.7 Å². The molecule has 0 saturated carbocycles. The van der Waals surface area contributed by atoms with Crippen molar-refractivity contribution < 1.29 is 18.3 Å². The topological polar surface area (TPSA) is 71.4 Å². The molecule has 2 aromatic carbocycles. The lowest BCUT2D eigenvalue weighted by atomic mass is 10.1. The molecule has 21 heavy (non-hydrogen) atoms. The van der Waals surface area contributed by atoms with Crippen LogP contribution in [0.15, 0.2) is 59.5 Å². The number of hydrogen-bond donors (Lipinski definition) is 1. The van der Waals surface area contributed by atoms with E-state index >= 15 is 0 Å². The molecule has 0 atom stereocenters. The number of aromatic hydroxyl groups is 1. The SMILES string of the molecule is CS(=O)(=O)c1ccc(C(=O)/C=C/c2cccc(O)c2)cc1. The van der Waals surface area contributed by atoms with Gasteiger partial charge in [-0.1, -0.05) is 18.2 Å². The molecule has 0 fully saturated rings. The Labute approximate surface area is 123 Å². The predicted molar refractivity (Wildman–Crippen MR) is 81.0 cm³/mol. The van der Waals surface area contributed by atoms with Gasteiger partial charge in [-0.05, 0) is 48.0 Å². The fourth-order valence-electron chi connectivity index (χ4n) is 1.76. The van der Waals surface area contributed by atoms with Crippen molar-refractivity contribution in [3.8, 4) is 5.75 Å². The molecule has 0 radical (unpaired) electrons. The molecule has 2 rings (SSSR count). The van der Waals surface area contributed by atoms with Gasteiger partial charge in [-0.25, -0.2) is 8.42 Å². The Morgan fingerprint density at radius 3 is 2.33 bits per heavy atom. The zero-order valence-electron chi connectivity index (χ0n) is 11.4. The minimum atomic E-state index is -3.26. The molecule has 0 amide bonds. The van der Waals surface area contributed by atoms with Gasteiger partial charge in [0.25, 0.3) is 0 Å². The highest BCUT2D eigenvalue weighted by Gasteiger charge is 2.08. The number of hydrogen-bond acceptors (Lipinski definition) is 4. The number of rotatable bonds is 4. The van der Waals surface area contributed by atoms with Crippen molar-refractivity contribution in [1.82, 2.24) is 0 Å². The maximum Gasteiger partial charge on any atom is 0.185 e. The molecule has 0 aliphatic heterocycles. The standard InChI is InChI=1S/C16H14O4S/c1-21(19,20)15-8-6-13(7-9-15)16(18)10-5-12-3-2-4-14(17)11-12/h2-11,17H,1H3/b10-5+. The molecule has 0 saturated heterocycles. The third-order valence-corrected chi connectivity index (χ3v) is 3.99. The summed E-state index contributed by atoms with van der Waals surface area (Å²) in [5, 5.41) is 9.33. The van der Waals surface area contributed by atoms with E-state index in [0.717, 1.165) is 6.26 Å². The molecule has 0 spiro atoms. The lowest BCUT2D eigenvalue weighted by Crippen LogP contribution is -1.99. The van der Waals surface area contributed by atoms with Crippen molar-refractivity contribution in [1.29, 1.82) is 0 Å². The van der Waals surface area contributed by atoms with E-state index in [0.29, 0.717) is 11.1 Å². The van der Waals surface area contributed by atoms with Gasteiger partial charge < -0.3 is 5.11 Å². The maximum atomic E-state index is 12.0. The van der Waals surface area contributed by atoms with E-state index in [1.165, 1.54) is 36.4 Å². The first kappa shape index (κ1) is 15.0. The van der Waals surface area contributed by atoms with Crippen LogP contribution >= 0.6 is 0 Å². The molecule has 0 aromatic heterocycles. The van der Waals surface area contributed by atoms with E-state index in [1.54, 1.807) is 24.3 Å². The van der Waals surface area contributed by atoms with Crippen LogP contribution in [0.25, 0.3) is 6.08 Å². The van der Waals surface area contributed by atoms with Gasteiger partial charge in [0.1, 0.15) is 5.75 Å². The molecule has 108 valence electrons. The molecule has 0 bridgehead atoms. The van der Waals surface area contributed by atoms with Crippen molar-refractivity contribution in [2.75, 3.05) is 6.26 Å². The average molecular weight is 302 g/mol. The Balaban J connectivity index is 2.17. The predicted octanol–water partition coefficient (Wildman–Crippen LogP) is 2.69. The minimum Gasteiger partial charge on any atom is -0.508 e. The number of allylic oxidation sites excluding steroid dienone is 1. The van der Waals surface area contributed by atoms with Crippen LogP contribution in [0.1, 0.15) is 15.9 Å². The summed E-state index contributed by atoms with van der Waals surface area (Å²) in [6, 6.07) is 12.3. The van der Waals surface area contributed by atoms with Crippen molar-refractivity contribution in [2.24, 2.45) is 0 Å². The van der Waals surface area contributed by atoms with Gasteiger partial charge >= 0.3 is 0 Å². The average Bonchev–Trinajstić information content (AvgIpc) is 2.44. The first-order valence-corrected chi connectivity index (χ1v) is 8.07. The first-order valence-electron chi connectivity index (χ1n) is 6.18. The second-order valence-electron chi connectivity index (χ2n) is 4.59. The molecular formula is C16H14O4S. The maximum absolute atomic E-state index is 12.0. The highest BCUT2D eigenvalue weighted by Crippen LogP contribution is 2.14. The summed E-state index contributed by atoms with van der Waals surface area (Å²) in [5.41, 5.74) is 1.11. The number of phenolic OH excluding ortho intramolecular Hbond substituents is 1. The third-order valence-electron chi connectivity index (χ3n) is 2.86. The monoisotopic (exact) mass is 302 g/mol. The highest BCUT2D eigenvalue weighted by molar-refractivity contribution is 7.90. The molecule has 0 aliphatic carbocycles. The molecular weight excluding hydrogens is 288 g/mol. The number of carbonyl (C=O) groups excluding carboxylic acids is 1. The van der Waals surface area contributed by atoms with Crippen LogP contribution in [0.5, 0.6) is 5.75 Å². The van der Waals surface area contributed by atoms with Gasteiger partial charge in [-0.2, -0.15) is 0 Å². The molecule has 5 heteroatoms. The summed E-state index contributed by atoms with van der Waals surface area (Å²) in [5.74, 6) is -0.111. The van der Waals surface area contributed by atoms with Crippen molar-refractivity contribution in [3.05, 3.63) is 65.7 Å². The first-order chi connectivity index (χ1) is 9.86. The Kier molecular flexibility index (Phi) is 4.23. The van der Waals surface area contributed by atoms with E-state index in [4.69, 9.17) is 0 Å². The van der Waals surface area contributed by atoms with Crippen molar-refractivity contribution in [2.45, 2.75) is 4.90 Å². The number of carbonyl (C=O) groups is 1. The zero-order valence-corrected chi connectivity index (χ0v) is 12.2. The lowest BCUT2D eigenvalue weighted by Gasteiger charge is -2.00. The molecule has 4 nitrogen and oxygen atoms in total. The van der Waals surface area contributed by atoms with Crippen LogP contribution in [0, 0.1) is 0 Å². The summed E-state index contributed by atoms with van der Waals surface area (Å²) in [6.07, 6.45) is 4.09. The Morgan fingerprint density at radius 1 is 1.10 bits per heavy atom. The van der Waals surface area contributed by atoms with E-state index in [2.05, 4.69) is 0 Å². The van der Waals surface area contributed by atoms with Crippen LogP contribution in [-0.2, 0) is 9.84 Å². The third kappa shape index (κ3) is 4.03. The lowest BCUT2D eigenvalue weighted by molar-refractivity contribution is 0.104. The Bertz CT molecular complexity index is 787. The molecule has 0 aliphatic rings. The van der Waals surface area contributed by atoms with Gasteiger partial charge in [0.05, 0.1) is 4.90 Å². The summed E-state index contributed by atoms with van der Waals surface area (Å²) in [4.78, 5) is 12.1. The molecule has 1 N–H and O–H groups in total. The number of sulfone groups is 1. The van der Waals surface area contributed by atoms with Crippen LogP contribution in [0.3, 0.4) is 0 Å². The fourth-order valence-corrected chi connectivity index (χ4v) is 2.39. The van der Waals surface area contributed by atoms with Gasteiger partial charge in [0.2, 0.25) is 0 Å². The highest BCUT2D eigenvalue weighted by atomic mass is 32.2. The van der Waals surface area contributed by atoms with Crippen molar-refractivity contribution in [3.63, 3.8) is 0 Å². The smallest absolute Gasteiger partial charge is 0.185 e. The van der Waals surface area contributed by atoms with Gasteiger partial charge in [-0.15, -0.1) is 0 Å². The van der Waals surface area contributed by atoms with E-state index in [1.807, 2.05) is 0 Å². The van der Waals surface area contributed by atoms with Gasteiger partial charge in [0.15, 0.2) is 15.6 Å². The second kappa shape index (κ2) is 5.93. The Morgan fingerprint density at radius 2 is 1.76 bits per heavy atom. The Hall–Kier alpha value is -2.40. The summed E-state index contributed by atoms with van der Waals surface area (Å²) >= 11 is 0. The summed E-state index contributed by atoms with van der Waals surface area (Å²) in [6.45, 7) is 0. The van der Waals surface area contributed by atoms with Gasteiger partial charge in [-0.3, -0.25) is 4.79 Å². The van der Waals surface area contributed by atoms with Crippen LogP contribution in [0.4, 0.5) is 0 Å². The largest absolute Gasteiger partial charge is 0.508 e. The number of benzene rings is 2. The summed E-state index contributed by atoms with van der Waals surface area (Å²) in [7, 11) is -3.26. The van der Waals surface area contributed by atoms with E-state index in [9.17, 15) is 18.3 Å². The summed E-state index contributed by atoms with van der Waals surface area (Å²) < 4.78 is 22.7. The number of ketones is 1. The van der Waals surface area contributed by atoms with E-state index < -0.39 is 9.84 Å².